The zero-order valence-electron chi connectivity index (χ0n) is 12.1. The zero-order valence-corrected chi connectivity index (χ0v) is 14.5. The van der Waals surface area contributed by atoms with E-state index in [1.807, 2.05) is 11.0 Å². The van der Waals surface area contributed by atoms with Crippen molar-refractivity contribution in [2.75, 3.05) is 6.54 Å². The molecule has 2 fully saturated rings. The molecule has 1 N–H and O–H groups in total. The van der Waals surface area contributed by atoms with Crippen LogP contribution in [0.5, 0.6) is 0 Å². The van der Waals surface area contributed by atoms with Crippen molar-refractivity contribution in [3.8, 4) is 0 Å². The Hall–Kier alpha value is -0.580. The normalized spacial score (nSPS) is 27.7. The molecule has 0 aromatic heterocycles. The quantitative estimate of drug-likeness (QED) is 0.875. The average molecular weight is 372 g/mol. The molecule has 2 saturated heterocycles. The molecule has 2 bridgehead atoms. The van der Waals surface area contributed by atoms with Crippen molar-refractivity contribution in [2.45, 2.75) is 50.7 Å². The topological polar surface area (TPSA) is 32.3 Å². The zero-order chi connectivity index (χ0) is 15.0. The number of carbonyl (C=O) groups is 1. The van der Waals surface area contributed by atoms with E-state index < -0.39 is 0 Å². The van der Waals surface area contributed by atoms with Gasteiger partial charge in [-0.2, -0.15) is 0 Å². The first-order chi connectivity index (χ1) is 10.1. The van der Waals surface area contributed by atoms with Crippen LogP contribution >= 0.6 is 27.5 Å². The lowest BCUT2D eigenvalue weighted by Crippen LogP contribution is -2.50. The summed E-state index contributed by atoms with van der Waals surface area (Å²) in [5.41, 5.74) is 0.669. The maximum absolute atomic E-state index is 12.8. The van der Waals surface area contributed by atoms with E-state index in [1.165, 1.54) is 12.8 Å². The van der Waals surface area contributed by atoms with Gasteiger partial charge >= 0.3 is 0 Å². The van der Waals surface area contributed by atoms with Gasteiger partial charge in [-0.15, -0.1) is 0 Å². The first-order valence-corrected chi connectivity index (χ1v) is 8.77. The van der Waals surface area contributed by atoms with E-state index in [9.17, 15) is 4.79 Å². The molecule has 21 heavy (non-hydrogen) atoms. The van der Waals surface area contributed by atoms with Crippen LogP contribution in [0.2, 0.25) is 5.02 Å². The van der Waals surface area contributed by atoms with Crippen molar-refractivity contribution in [1.29, 1.82) is 0 Å². The van der Waals surface area contributed by atoms with Crippen LogP contribution in [0.4, 0.5) is 0 Å². The highest BCUT2D eigenvalue weighted by molar-refractivity contribution is 9.10. The van der Waals surface area contributed by atoms with Crippen LogP contribution in [0.3, 0.4) is 0 Å². The minimum atomic E-state index is 0.0898. The molecule has 3 nitrogen and oxygen atoms in total. The Labute approximate surface area is 139 Å². The summed E-state index contributed by atoms with van der Waals surface area (Å²) in [6.07, 6.45) is 4.63. The predicted molar refractivity (Wildman–Crippen MR) is 88.8 cm³/mol. The molecular formula is C16H20BrClN2O. The molecule has 2 atom stereocenters. The Kier molecular flexibility index (Phi) is 4.57. The summed E-state index contributed by atoms with van der Waals surface area (Å²) >= 11 is 9.49. The molecule has 0 aliphatic carbocycles. The minimum Gasteiger partial charge on any atom is -0.336 e. The van der Waals surface area contributed by atoms with Gasteiger partial charge in [-0.25, -0.2) is 0 Å². The first kappa shape index (κ1) is 15.3. The van der Waals surface area contributed by atoms with Crippen LogP contribution in [0.1, 0.15) is 43.0 Å². The van der Waals surface area contributed by atoms with Crippen molar-refractivity contribution in [2.24, 2.45) is 0 Å². The van der Waals surface area contributed by atoms with Gasteiger partial charge < -0.3 is 10.2 Å². The van der Waals surface area contributed by atoms with Gasteiger partial charge in [-0.05, 0) is 50.8 Å². The second-order valence-corrected chi connectivity index (χ2v) is 7.36. The lowest BCUT2D eigenvalue weighted by Gasteiger charge is -2.37. The molecule has 1 amide bonds. The molecule has 0 radical (unpaired) electrons. The van der Waals surface area contributed by atoms with E-state index in [-0.39, 0.29) is 5.91 Å². The molecule has 2 aliphatic heterocycles. The molecule has 0 spiro atoms. The van der Waals surface area contributed by atoms with Crippen LogP contribution in [-0.4, -0.2) is 35.5 Å². The SMILES string of the molecule is CCN(C(=O)c1cc(Cl)cc(Br)c1)C1CC2CCC(C1)N2. The summed E-state index contributed by atoms with van der Waals surface area (Å²) in [5, 5.41) is 4.22. The number of benzene rings is 1. The van der Waals surface area contributed by atoms with Gasteiger partial charge in [0.25, 0.3) is 5.91 Å². The Morgan fingerprint density at radius 2 is 2.00 bits per heavy atom. The van der Waals surface area contributed by atoms with E-state index in [0.717, 1.165) is 23.9 Å². The van der Waals surface area contributed by atoms with E-state index in [4.69, 9.17) is 11.6 Å². The van der Waals surface area contributed by atoms with Gasteiger partial charge in [0.1, 0.15) is 0 Å². The Morgan fingerprint density at radius 3 is 2.57 bits per heavy atom. The minimum absolute atomic E-state index is 0.0898. The second-order valence-electron chi connectivity index (χ2n) is 6.01. The van der Waals surface area contributed by atoms with E-state index in [0.29, 0.717) is 28.7 Å². The number of hydrogen-bond acceptors (Lipinski definition) is 2. The fourth-order valence-corrected chi connectivity index (χ4v) is 4.55. The third kappa shape index (κ3) is 3.27. The largest absolute Gasteiger partial charge is 0.336 e. The number of halogens is 2. The Morgan fingerprint density at radius 1 is 1.33 bits per heavy atom. The number of carbonyl (C=O) groups excluding carboxylic acids is 1. The highest BCUT2D eigenvalue weighted by atomic mass is 79.9. The molecule has 2 unspecified atom stereocenters. The lowest BCUT2D eigenvalue weighted by molar-refractivity contribution is 0.0631. The molecule has 0 saturated carbocycles. The van der Waals surface area contributed by atoms with E-state index >= 15 is 0 Å². The molecule has 1 aromatic carbocycles. The molecule has 2 heterocycles. The van der Waals surface area contributed by atoms with Crippen molar-refractivity contribution in [1.82, 2.24) is 10.2 Å². The summed E-state index contributed by atoms with van der Waals surface area (Å²) in [6.45, 7) is 2.80. The molecule has 3 rings (SSSR count). The van der Waals surface area contributed by atoms with Crippen LogP contribution < -0.4 is 5.32 Å². The Bertz CT molecular complexity index is 519. The monoisotopic (exact) mass is 370 g/mol. The smallest absolute Gasteiger partial charge is 0.254 e. The summed E-state index contributed by atoms with van der Waals surface area (Å²) in [5.74, 6) is 0.0898. The maximum atomic E-state index is 12.8. The molecule has 5 heteroatoms. The van der Waals surface area contributed by atoms with Crippen molar-refractivity contribution in [3.05, 3.63) is 33.3 Å². The molecule has 2 aliphatic rings. The van der Waals surface area contributed by atoms with Crippen LogP contribution in [0.15, 0.2) is 22.7 Å². The number of nitrogens with zero attached hydrogens (tertiary/aromatic N) is 1. The van der Waals surface area contributed by atoms with Crippen molar-refractivity contribution >= 4 is 33.4 Å². The van der Waals surface area contributed by atoms with Crippen LogP contribution in [-0.2, 0) is 0 Å². The van der Waals surface area contributed by atoms with E-state index in [1.54, 1.807) is 12.1 Å². The summed E-state index contributed by atoms with van der Waals surface area (Å²) < 4.78 is 0.847. The van der Waals surface area contributed by atoms with E-state index in [2.05, 4.69) is 28.2 Å². The van der Waals surface area contributed by atoms with Gasteiger partial charge in [-0.1, -0.05) is 27.5 Å². The lowest BCUT2D eigenvalue weighted by atomic mass is 9.97. The second kappa shape index (κ2) is 6.27. The molecular weight excluding hydrogens is 352 g/mol. The maximum Gasteiger partial charge on any atom is 0.254 e. The highest BCUT2D eigenvalue weighted by Gasteiger charge is 2.37. The summed E-state index contributed by atoms with van der Waals surface area (Å²) in [6, 6.07) is 6.93. The fourth-order valence-electron chi connectivity index (χ4n) is 3.69. The van der Waals surface area contributed by atoms with Gasteiger partial charge in [0, 0.05) is 39.7 Å². The predicted octanol–water partition coefficient (Wildman–Crippen LogP) is 3.85. The van der Waals surface area contributed by atoms with Crippen LogP contribution in [0.25, 0.3) is 0 Å². The molecule has 114 valence electrons. The first-order valence-electron chi connectivity index (χ1n) is 7.60. The van der Waals surface area contributed by atoms with Gasteiger partial charge in [0.2, 0.25) is 0 Å². The number of fused-ring (bicyclic) bond motifs is 2. The number of piperidine rings is 1. The molecule has 1 aromatic rings. The van der Waals surface area contributed by atoms with Gasteiger partial charge in [-0.3, -0.25) is 4.79 Å². The number of nitrogens with one attached hydrogen (secondary N) is 1. The number of rotatable bonds is 3. The van der Waals surface area contributed by atoms with Crippen molar-refractivity contribution in [3.63, 3.8) is 0 Å². The van der Waals surface area contributed by atoms with Crippen LogP contribution in [0, 0.1) is 0 Å². The van der Waals surface area contributed by atoms with Crippen molar-refractivity contribution < 1.29 is 4.79 Å². The third-order valence-corrected chi connectivity index (χ3v) is 5.28. The fraction of sp³-hybridized carbons (Fsp3) is 0.562. The number of amides is 1. The highest BCUT2D eigenvalue weighted by Crippen LogP contribution is 2.31. The standard InChI is InChI=1S/C16H20BrClN2O/c1-2-20(15-8-13-3-4-14(9-15)19-13)16(21)10-5-11(17)7-12(18)6-10/h5-7,13-15,19H,2-4,8-9H2,1H3. The Balaban J connectivity index is 1.80. The number of hydrogen-bond donors (Lipinski definition) is 1. The summed E-state index contributed by atoms with van der Waals surface area (Å²) in [4.78, 5) is 14.9. The summed E-state index contributed by atoms with van der Waals surface area (Å²) in [7, 11) is 0. The third-order valence-electron chi connectivity index (χ3n) is 4.60. The average Bonchev–Trinajstić information content (AvgIpc) is 2.77. The van der Waals surface area contributed by atoms with Gasteiger partial charge in [0.15, 0.2) is 0 Å². The van der Waals surface area contributed by atoms with Gasteiger partial charge in [0.05, 0.1) is 0 Å².